The minimum atomic E-state index is -0.547. The molecule has 4 aromatic carbocycles. The summed E-state index contributed by atoms with van der Waals surface area (Å²) in [5.41, 5.74) is 13.3. The van der Waals surface area contributed by atoms with E-state index in [2.05, 4.69) is 25.1 Å². The predicted octanol–water partition coefficient (Wildman–Crippen LogP) is 5.68. The normalized spacial score (nSPS) is 11.6. The molecule has 0 aliphatic heterocycles. The van der Waals surface area contributed by atoms with Gasteiger partial charge in [-0.15, -0.1) is 0 Å². The SMILES string of the molecule is CCCCCCCCc1cc(C(N)=O)c2c(C(N)=O)cc3cccc4ccc1c2c43. The number of benzene rings is 4. The average Bonchev–Trinajstić information content (AvgIpc) is 2.74. The van der Waals surface area contributed by atoms with Gasteiger partial charge in [-0.2, -0.15) is 0 Å². The highest BCUT2D eigenvalue weighted by Crippen LogP contribution is 2.40. The summed E-state index contributed by atoms with van der Waals surface area (Å²) in [5, 5.41) is 5.68. The largest absolute Gasteiger partial charge is 0.366 e. The standard InChI is InChI=1S/C26H28N2O2/c1-2-3-4-5-6-7-9-17-14-20(25(27)29)23-21(26(28)30)15-18-11-8-10-16-12-13-19(17)24(23)22(16)18/h8,10-15H,2-7,9H2,1H3,(H2,27,29)(H2,28,30). The van der Waals surface area contributed by atoms with Crippen LogP contribution in [0.1, 0.15) is 71.7 Å². The zero-order valence-electron chi connectivity index (χ0n) is 17.5. The molecule has 0 aliphatic rings. The lowest BCUT2D eigenvalue weighted by Gasteiger charge is -2.18. The molecule has 154 valence electrons. The molecule has 0 saturated carbocycles. The number of primary amides is 2. The molecule has 4 rings (SSSR count). The van der Waals surface area contributed by atoms with E-state index < -0.39 is 11.8 Å². The monoisotopic (exact) mass is 400 g/mol. The molecule has 4 nitrogen and oxygen atoms in total. The molecule has 0 bridgehead atoms. The third kappa shape index (κ3) is 3.47. The van der Waals surface area contributed by atoms with E-state index in [1.165, 1.54) is 32.1 Å². The summed E-state index contributed by atoms with van der Waals surface area (Å²) in [5.74, 6) is -1.08. The molecule has 0 spiro atoms. The summed E-state index contributed by atoms with van der Waals surface area (Å²) in [4.78, 5) is 24.7. The van der Waals surface area contributed by atoms with Crippen molar-refractivity contribution in [3.05, 3.63) is 59.2 Å². The van der Waals surface area contributed by atoms with E-state index in [-0.39, 0.29) is 0 Å². The number of rotatable bonds is 9. The second-order valence-electron chi connectivity index (χ2n) is 8.20. The van der Waals surface area contributed by atoms with Crippen molar-refractivity contribution in [2.24, 2.45) is 11.5 Å². The Kier molecular flexibility index (Phi) is 5.58. The Hall–Kier alpha value is -3.14. The van der Waals surface area contributed by atoms with Crippen molar-refractivity contribution in [1.82, 2.24) is 0 Å². The van der Waals surface area contributed by atoms with Crippen molar-refractivity contribution >= 4 is 44.1 Å². The fourth-order valence-corrected chi connectivity index (χ4v) is 4.71. The summed E-state index contributed by atoms with van der Waals surface area (Å²) in [6.45, 7) is 2.22. The molecule has 4 N–H and O–H groups in total. The van der Waals surface area contributed by atoms with Gasteiger partial charge in [0.05, 0.1) is 0 Å². The second kappa shape index (κ2) is 8.31. The van der Waals surface area contributed by atoms with Gasteiger partial charge in [-0.05, 0) is 57.5 Å². The number of aryl methyl sites for hydroxylation is 1. The van der Waals surface area contributed by atoms with Gasteiger partial charge in [-0.3, -0.25) is 9.59 Å². The molecule has 0 saturated heterocycles. The van der Waals surface area contributed by atoms with E-state index in [0.717, 1.165) is 45.3 Å². The molecule has 0 fully saturated rings. The second-order valence-corrected chi connectivity index (χ2v) is 8.20. The van der Waals surface area contributed by atoms with E-state index in [1.807, 2.05) is 18.2 Å². The van der Waals surface area contributed by atoms with E-state index in [4.69, 9.17) is 11.5 Å². The molecule has 0 radical (unpaired) electrons. The molecular formula is C26H28N2O2. The van der Waals surface area contributed by atoms with Crippen LogP contribution in [0.15, 0.2) is 42.5 Å². The first-order valence-electron chi connectivity index (χ1n) is 10.9. The molecule has 4 aromatic rings. The number of carbonyl (C=O) groups is 2. The number of unbranched alkanes of at least 4 members (excludes halogenated alkanes) is 5. The smallest absolute Gasteiger partial charge is 0.249 e. The molecule has 0 aliphatic carbocycles. The van der Waals surface area contributed by atoms with Crippen LogP contribution in [0.4, 0.5) is 0 Å². The Bertz CT molecular complexity index is 1240. The Morgan fingerprint density at radius 2 is 1.40 bits per heavy atom. The lowest BCUT2D eigenvalue weighted by molar-refractivity contribution is 0.0998. The third-order valence-corrected chi connectivity index (χ3v) is 6.16. The number of nitrogens with two attached hydrogens (primary N) is 2. The number of carbonyl (C=O) groups excluding carboxylic acids is 2. The van der Waals surface area contributed by atoms with Gasteiger partial charge in [0.2, 0.25) is 11.8 Å². The average molecular weight is 401 g/mol. The van der Waals surface area contributed by atoms with E-state index in [0.29, 0.717) is 16.5 Å². The zero-order valence-corrected chi connectivity index (χ0v) is 17.5. The number of amides is 2. The van der Waals surface area contributed by atoms with Gasteiger partial charge in [-0.1, -0.05) is 69.4 Å². The topological polar surface area (TPSA) is 86.2 Å². The Morgan fingerprint density at radius 3 is 2.13 bits per heavy atom. The fraction of sp³-hybridized carbons (Fsp3) is 0.308. The molecular weight excluding hydrogens is 372 g/mol. The third-order valence-electron chi connectivity index (χ3n) is 6.16. The minimum Gasteiger partial charge on any atom is -0.366 e. The Balaban J connectivity index is 1.92. The number of hydrogen-bond donors (Lipinski definition) is 2. The van der Waals surface area contributed by atoms with Crippen LogP contribution in [0.25, 0.3) is 32.3 Å². The molecule has 0 heterocycles. The van der Waals surface area contributed by atoms with Crippen molar-refractivity contribution in [2.45, 2.75) is 51.9 Å². The molecule has 0 unspecified atom stereocenters. The zero-order chi connectivity index (χ0) is 21.3. The van der Waals surface area contributed by atoms with Gasteiger partial charge in [0.1, 0.15) is 0 Å². The molecule has 4 heteroatoms. The van der Waals surface area contributed by atoms with Crippen LogP contribution in [0, 0.1) is 0 Å². The van der Waals surface area contributed by atoms with Crippen LogP contribution in [0.3, 0.4) is 0 Å². The first kappa shape index (κ1) is 20.1. The molecule has 30 heavy (non-hydrogen) atoms. The van der Waals surface area contributed by atoms with Gasteiger partial charge in [0.25, 0.3) is 0 Å². The van der Waals surface area contributed by atoms with Crippen LogP contribution in [-0.2, 0) is 6.42 Å². The maximum atomic E-state index is 12.4. The van der Waals surface area contributed by atoms with Crippen molar-refractivity contribution in [3.63, 3.8) is 0 Å². The summed E-state index contributed by atoms with van der Waals surface area (Å²) >= 11 is 0. The quantitative estimate of drug-likeness (QED) is 0.279. The Morgan fingerprint density at radius 1 is 0.733 bits per heavy atom. The van der Waals surface area contributed by atoms with E-state index in [9.17, 15) is 9.59 Å². The maximum absolute atomic E-state index is 12.4. The first-order chi connectivity index (χ1) is 14.5. The van der Waals surface area contributed by atoms with Gasteiger partial charge >= 0.3 is 0 Å². The summed E-state index contributed by atoms with van der Waals surface area (Å²) < 4.78 is 0. The summed E-state index contributed by atoms with van der Waals surface area (Å²) in [6.07, 6.45) is 8.12. The molecule has 0 atom stereocenters. The van der Waals surface area contributed by atoms with Crippen LogP contribution in [0.2, 0.25) is 0 Å². The lowest BCUT2D eigenvalue weighted by Crippen LogP contribution is -2.17. The molecule has 2 amide bonds. The van der Waals surface area contributed by atoms with Gasteiger partial charge in [0, 0.05) is 16.5 Å². The van der Waals surface area contributed by atoms with Gasteiger partial charge in [0.15, 0.2) is 0 Å². The van der Waals surface area contributed by atoms with Gasteiger partial charge in [-0.25, -0.2) is 0 Å². The van der Waals surface area contributed by atoms with Crippen molar-refractivity contribution in [1.29, 1.82) is 0 Å². The Labute approximate surface area is 176 Å². The maximum Gasteiger partial charge on any atom is 0.249 e. The van der Waals surface area contributed by atoms with Crippen LogP contribution in [-0.4, -0.2) is 11.8 Å². The fourth-order valence-electron chi connectivity index (χ4n) is 4.71. The van der Waals surface area contributed by atoms with Crippen molar-refractivity contribution < 1.29 is 9.59 Å². The lowest BCUT2D eigenvalue weighted by atomic mass is 9.85. The summed E-state index contributed by atoms with van der Waals surface area (Å²) in [7, 11) is 0. The predicted molar refractivity (Wildman–Crippen MR) is 124 cm³/mol. The number of hydrogen-bond acceptors (Lipinski definition) is 2. The van der Waals surface area contributed by atoms with Crippen LogP contribution in [0.5, 0.6) is 0 Å². The van der Waals surface area contributed by atoms with Gasteiger partial charge < -0.3 is 11.5 Å². The highest BCUT2D eigenvalue weighted by atomic mass is 16.1. The van der Waals surface area contributed by atoms with Crippen molar-refractivity contribution in [2.75, 3.05) is 0 Å². The molecule has 0 aromatic heterocycles. The van der Waals surface area contributed by atoms with Crippen LogP contribution >= 0.6 is 0 Å². The highest BCUT2D eigenvalue weighted by molar-refractivity contribution is 6.31. The van der Waals surface area contributed by atoms with E-state index >= 15 is 0 Å². The van der Waals surface area contributed by atoms with Crippen LogP contribution < -0.4 is 11.5 Å². The summed E-state index contributed by atoms with van der Waals surface area (Å²) in [6, 6.07) is 13.9. The minimum absolute atomic E-state index is 0.353. The van der Waals surface area contributed by atoms with E-state index in [1.54, 1.807) is 6.07 Å². The first-order valence-corrected chi connectivity index (χ1v) is 10.9. The van der Waals surface area contributed by atoms with Crippen molar-refractivity contribution in [3.8, 4) is 0 Å². The highest BCUT2D eigenvalue weighted by Gasteiger charge is 2.21.